The second kappa shape index (κ2) is 11.4. The fourth-order valence-electron chi connectivity index (χ4n) is 4.38. The number of hydrogen-bond acceptors (Lipinski definition) is 5. The minimum atomic E-state index is -1.01. The van der Waals surface area contributed by atoms with Crippen molar-refractivity contribution in [2.45, 2.75) is 57.5 Å². The number of halogens is 2. The van der Waals surface area contributed by atoms with Crippen molar-refractivity contribution < 1.29 is 14.7 Å². The van der Waals surface area contributed by atoms with Crippen LogP contribution in [-0.4, -0.2) is 27.3 Å². The molecule has 2 amide bonds. The third kappa shape index (κ3) is 5.80. The summed E-state index contributed by atoms with van der Waals surface area (Å²) in [6, 6.07) is 12.8. The molecule has 1 fully saturated rings. The number of phenolic OH excluding ortho intramolecular Hbond substituents is 1. The van der Waals surface area contributed by atoms with Crippen LogP contribution in [0, 0.1) is 0 Å². The summed E-state index contributed by atoms with van der Waals surface area (Å²) in [4.78, 5) is 29.1. The van der Waals surface area contributed by atoms with Crippen LogP contribution in [0.5, 0.6) is 5.75 Å². The maximum Gasteiger partial charge on any atom is 0.280 e. The molecule has 1 saturated carbocycles. The van der Waals surface area contributed by atoms with E-state index in [4.69, 9.17) is 23.2 Å². The van der Waals surface area contributed by atoms with Gasteiger partial charge in [0.05, 0.1) is 0 Å². The Bertz CT molecular complexity index is 1180. The van der Waals surface area contributed by atoms with Crippen LogP contribution in [0.1, 0.15) is 66.7 Å². The van der Waals surface area contributed by atoms with Gasteiger partial charge in [0.2, 0.25) is 5.91 Å². The summed E-state index contributed by atoms with van der Waals surface area (Å²) in [5, 5.41) is 13.1. The van der Waals surface area contributed by atoms with E-state index in [1.54, 1.807) is 12.1 Å². The number of phenols is 1. The highest BCUT2D eigenvalue weighted by molar-refractivity contribution is 7.11. The number of aromatic nitrogens is 1. The maximum absolute atomic E-state index is 13.9. The molecule has 1 aromatic heterocycles. The molecule has 1 aliphatic carbocycles. The number of nitrogens with zero attached hydrogens (tertiary/aromatic N) is 2. The predicted octanol–water partition coefficient (Wildman–Crippen LogP) is 6.55. The normalized spacial score (nSPS) is 14.9. The lowest BCUT2D eigenvalue weighted by molar-refractivity contribution is -0.123. The lowest BCUT2D eigenvalue weighted by atomic mass is 9.94. The monoisotopic (exact) mass is 531 g/mol. The third-order valence-electron chi connectivity index (χ3n) is 6.31. The standard InChI is InChI=1S/C26H27Cl2N3O3S/c1-2-16-8-12-19(13-9-16)31(26(34)22-21(27)24(28)35-30-22)23(17-10-14-20(32)15-11-17)25(33)29-18-6-4-3-5-7-18/h8-15,18,23,32H,2-7H2,1H3,(H,29,33)/t23-/m0/s1. The van der Waals surface area contributed by atoms with E-state index >= 15 is 0 Å². The highest BCUT2D eigenvalue weighted by Gasteiger charge is 2.36. The fourth-order valence-corrected chi connectivity index (χ4v) is 5.37. The molecule has 2 N–H and O–H groups in total. The molecule has 0 aliphatic heterocycles. The Morgan fingerprint density at radius 2 is 1.74 bits per heavy atom. The lowest BCUT2D eigenvalue weighted by Crippen LogP contribution is -2.47. The number of anilines is 1. The van der Waals surface area contributed by atoms with Gasteiger partial charge in [-0.3, -0.25) is 14.5 Å². The fraction of sp³-hybridized carbons (Fsp3) is 0.346. The van der Waals surface area contributed by atoms with Gasteiger partial charge >= 0.3 is 0 Å². The SMILES string of the molecule is CCc1ccc(N(C(=O)c2nsc(Cl)c2Cl)[C@H](C(=O)NC2CCCCC2)c2ccc(O)cc2)cc1. The van der Waals surface area contributed by atoms with Crippen molar-refractivity contribution in [1.82, 2.24) is 9.69 Å². The summed E-state index contributed by atoms with van der Waals surface area (Å²) >= 11 is 13.4. The zero-order valence-electron chi connectivity index (χ0n) is 19.3. The number of benzene rings is 2. The van der Waals surface area contributed by atoms with Crippen LogP contribution in [0.4, 0.5) is 5.69 Å². The molecule has 1 aliphatic rings. The van der Waals surface area contributed by atoms with Crippen LogP contribution in [-0.2, 0) is 11.2 Å². The molecule has 9 heteroatoms. The summed E-state index contributed by atoms with van der Waals surface area (Å²) in [5.74, 6) is -0.757. The van der Waals surface area contributed by atoms with Crippen LogP contribution in [0.3, 0.4) is 0 Å². The van der Waals surface area contributed by atoms with Crippen LogP contribution in [0.2, 0.25) is 9.36 Å². The van der Waals surface area contributed by atoms with E-state index < -0.39 is 11.9 Å². The van der Waals surface area contributed by atoms with Gasteiger partial charge in [-0.05, 0) is 66.2 Å². The van der Waals surface area contributed by atoms with Crippen molar-refractivity contribution in [2.24, 2.45) is 0 Å². The summed E-state index contributed by atoms with van der Waals surface area (Å²) in [7, 11) is 0. The molecule has 0 radical (unpaired) electrons. The quantitative estimate of drug-likeness (QED) is 0.361. The number of hydrogen-bond donors (Lipinski definition) is 2. The van der Waals surface area contributed by atoms with Crippen molar-refractivity contribution >= 4 is 52.2 Å². The maximum atomic E-state index is 13.9. The van der Waals surface area contributed by atoms with Crippen molar-refractivity contribution in [2.75, 3.05) is 4.90 Å². The van der Waals surface area contributed by atoms with Crippen LogP contribution in [0.25, 0.3) is 0 Å². The van der Waals surface area contributed by atoms with E-state index in [1.807, 2.05) is 31.2 Å². The van der Waals surface area contributed by atoms with Gasteiger partial charge in [0.25, 0.3) is 5.91 Å². The minimum Gasteiger partial charge on any atom is -0.508 e. The highest BCUT2D eigenvalue weighted by Crippen LogP contribution is 2.35. The predicted molar refractivity (Wildman–Crippen MR) is 141 cm³/mol. The van der Waals surface area contributed by atoms with E-state index in [9.17, 15) is 14.7 Å². The first-order valence-corrected chi connectivity index (χ1v) is 13.2. The first kappa shape index (κ1) is 25.5. The summed E-state index contributed by atoms with van der Waals surface area (Å²) in [6.45, 7) is 2.05. The van der Waals surface area contributed by atoms with Crippen LogP contribution < -0.4 is 10.2 Å². The lowest BCUT2D eigenvalue weighted by Gasteiger charge is -2.33. The van der Waals surface area contributed by atoms with Gasteiger partial charge in [-0.1, -0.05) is 73.7 Å². The molecule has 0 saturated heterocycles. The largest absolute Gasteiger partial charge is 0.508 e. The van der Waals surface area contributed by atoms with Gasteiger partial charge in [0.15, 0.2) is 5.69 Å². The van der Waals surface area contributed by atoms with Crippen LogP contribution >= 0.6 is 34.7 Å². The Labute approximate surface area is 219 Å². The molecule has 2 aromatic carbocycles. The smallest absolute Gasteiger partial charge is 0.280 e. The second-order valence-electron chi connectivity index (χ2n) is 8.65. The van der Waals surface area contributed by atoms with Gasteiger partial charge in [0, 0.05) is 11.7 Å². The average Bonchev–Trinajstić information content (AvgIpc) is 3.21. The molecule has 1 heterocycles. The Kier molecular flexibility index (Phi) is 8.31. The topological polar surface area (TPSA) is 82.5 Å². The first-order chi connectivity index (χ1) is 16.9. The molecular weight excluding hydrogens is 505 g/mol. The number of aromatic hydroxyl groups is 1. The van der Waals surface area contributed by atoms with E-state index in [1.165, 1.54) is 17.0 Å². The van der Waals surface area contributed by atoms with Crippen molar-refractivity contribution in [3.05, 3.63) is 74.7 Å². The van der Waals surface area contributed by atoms with Gasteiger partial charge in [-0.25, -0.2) is 0 Å². The van der Waals surface area contributed by atoms with E-state index in [-0.39, 0.29) is 32.8 Å². The number of carbonyl (C=O) groups excluding carboxylic acids is 2. The first-order valence-electron chi connectivity index (χ1n) is 11.7. The number of amides is 2. The average molecular weight is 532 g/mol. The number of carbonyl (C=O) groups is 2. The zero-order valence-corrected chi connectivity index (χ0v) is 21.7. The van der Waals surface area contributed by atoms with Crippen molar-refractivity contribution in [3.8, 4) is 5.75 Å². The van der Waals surface area contributed by atoms with Crippen molar-refractivity contribution in [3.63, 3.8) is 0 Å². The molecular formula is C26H27Cl2N3O3S. The molecule has 3 aromatic rings. The van der Waals surface area contributed by atoms with Gasteiger partial charge < -0.3 is 10.4 Å². The molecule has 184 valence electrons. The Morgan fingerprint density at radius 3 is 2.31 bits per heavy atom. The highest BCUT2D eigenvalue weighted by atomic mass is 35.5. The Hall–Kier alpha value is -2.61. The molecule has 1 atom stereocenters. The molecule has 4 rings (SSSR count). The molecule has 0 bridgehead atoms. The zero-order chi connectivity index (χ0) is 24.9. The molecule has 6 nitrogen and oxygen atoms in total. The summed E-state index contributed by atoms with van der Waals surface area (Å²) in [6.07, 6.45) is 5.92. The molecule has 35 heavy (non-hydrogen) atoms. The summed E-state index contributed by atoms with van der Waals surface area (Å²) in [5.41, 5.74) is 2.19. The van der Waals surface area contributed by atoms with E-state index in [2.05, 4.69) is 9.69 Å². The Balaban J connectivity index is 1.81. The van der Waals surface area contributed by atoms with Crippen molar-refractivity contribution in [1.29, 1.82) is 0 Å². The third-order valence-corrected chi connectivity index (χ3v) is 7.92. The molecule has 0 spiro atoms. The van der Waals surface area contributed by atoms with Gasteiger partial charge in [-0.15, -0.1) is 0 Å². The van der Waals surface area contributed by atoms with Gasteiger partial charge in [0.1, 0.15) is 21.2 Å². The Morgan fingerprint density at radius 1 is 1.09 bits per heavy atom. The second-order valence-corrected chi connectivity index (χ2v) is 10.4. The minimum absolute atomic E-state index is 0.00419. The number of aryl methyl sites for hydroxylation is 1. The number of rotatable bonds is 7. The summed E-state index contributed by atoms with van der Waals surface area (Å²) < 4.78 is 4.39. The molecule has 0 unspecified atom stereocenters. The number of nitrogens with one attached hydrogen (secondary N) is 1. The van der Waals surface area contributed by atoms with Gasteiger partial charge in [-0.2, -0.15) is 4.37 Å². The van der Waals surface area contributed by atoms with E-state index in [0.717, 1.165) is 55.6 Å². The van der Waals surface area contributed by atoms with Crippen LogP contribution in [0.15, 0.2) is 48.5 Å². The van der Waals surface area contributed by atoms with E-state index in [0.29, 0.717) is 11.3 Å².